The molecule has 7 heteroatoms. The van der Waals surface area contributed by atoms with Crippen LogP contribution in [0, 0.1) is 0 Å². The van der Waals surface area contributed by atoms with Crippen LogP contribution in [0.4, 0.5) is 5.82 Å². The molecule has 7 nitrogen and oxygen atoms in total. The molecule has 3 aromatic rings. The van der Waals surface area contributed by atoms with Gasteiger partial charge in [0.1, 0.15) is 18.2 Å². The molecule has 27 heavy (non-hydrogen) atoms. The minimum Gasteiger partial charge on any atom is -0.492 e. The Morgan fingerprint density at radius 3 is 2.33 bits per heavy atom. The van der Waals surface area contributed by atoms with Gasteiger partial charge in [-0.3, -0.25) is 19.7 Å². The highest BCUT2D eigenvalue weighted by Gasteiger charge is 2.18. The molecule has 3 rings (SSSR count). The number of rotatable bonds is 7. The molecule has 0 spiro atoms. The van der Waals surface area contributed by atoms with Gasteiger partial charge in [-0.1, -0.05) is 18.2 Å². The van der Waals surface area contributed by atoms with E-state index in [1.165, 1.54) is 0 Å². The van der Waals surface area contributed by atoms with Gasteiger partial charge in [-0.15, -0.1) is 0 Å². The normalized spacial score (nSPS) is 10.3. The molecule has 138 valence electrons. The summed E-state index contributed by atoms with van der Waals surface area (Å²) in [6.45, 7) is 0.607. The fourth-order valence-corrected chi connectivity index (χ4v) is 2.58. The number of anilines is 1. The van der Waals surface area contributed by atoms with Gasteiger partial charge in [-0.25, -0.2) is 5.48 Å². The molecule has 0 aliphatic rings. The zero-order valence-corrected chi connectivity index (χ0v) is 14.5. The van der Waals surface area contributed by atoms with Crippen molar-refractivity contribution in [1.29, 1.82) is 0 Å². The van der Waals surface area contributed by atoms with Crippen LogP contribution < -0.4 is 15.1 Å². The molecule has 0 saturated heterocycles. The molecular formula is C20H19N3O4. The number of aromatic nitrogens is 1. The highest BCUT2D eigenvalue weighted by molar-refractivity contribution is 6.05. The Morgan fingerprint density at radius 2 is 1.70 bits per heavy atom. The van der Waals surface area contributed by atoms with Crippen molar-refractivity contribution in [3.05, 3.63) is 84.1 Å². The largest absolute Gasteiger partial charge is 0.492 e. The molecule has 0 radical (unpaired) electrons. The second-order valence-electron chi connectivity index (χ2n) is 5.69. The van der Waals surface area contributed by atoms with Crippen LogP contribution in [0.5, 0.6) is 5.75 Å². The quantitative estimate of drug-likeness (QED) is 0.443. The molecule has 0 aliphatic heterocycles. The number of nitrogens with zero attached hydrogens (tertiary/aromatic N) is 1. The lowest BCUT2D eigenvalue weighted by Gasteiger charge is -2.21. The standard InChI is InChI=1S/C20H19N3O4/c24-19(22-26)15-8-10-17(11-9-15)27-14-13-23(18-7-4-12-21-18)20(25)16-5-2-1-3-6-16/h1-12,21,26H,13-14H2,(H,22,24). The average molecular weight is 365 g/mol. The maximum atomic E-state index is 12.8. The summed E-state index contributed by atoms with van der Waals surface area (Å²) in [5.41, 5.74) is 2.48. The van der Waals surface area contributed by atoms with Gasteiger partial charge in [-0.05, 0) is 48.5 Å². The molecule has 0 unspecified atom stereocenters. The predicted octanol–water partition coefficient (Wildman–Crippen LogP) is 2.86. The Balaban J connectivity index is 1.65. The minimum absolute atomic E-state index is 0.128. The second kappa shape index (κ2) is 8.68. The van der Waals surface area contributed by atoms with Crippen LogP contribution in [-0.4, -0.2) is 35.2 Å². The predicted molar refractivity (Wildman–Crippen MR) is 100 cm³/mol. The van der Waals surface area contributed by atoms with Crippen molar-refractivity contribution in [2.75, 3.05) is 18.1 Å². The van der Waals surface area contributed by atoms with E-state index in [-0.39, 0.29) is 12.5 Å². The molecule has 0 saturated carbocycles. The van der Waals surface area contributed by atoms with E-state index < -0.39 is 5.91 Å². The topological polar surface area (TPSA) is 94.7 Å². The van der Waals surface area contributed by atoms with Crippen LogP contribution in [0.25, 0.3) is 0 Å². The van der Waals surface area contributed by atoms with E-state index in [9.17, 15) is 9.59 Å². The Labute approximate surface area is 156 Å². The van der Waals surface area contributed by atoms with Crippen LogP contribution in [0.15, 0.2) is 72.9 Å². The van der Waals surface area contributed by atoms with Crippen molar-refractivity contribution in [2.24, 2.45) is 0 Å². The van der Waals surface area contributed by atoms with Crippen molar-refractivity contribution in [2.45, 2.75) is 0 Å². The Hall–Kier alpha value is -3.58. The molecule has 0 aliphatic carbocycles. The molecule has 0 bridgehead atoms. The molecule has 1 heterocycles. The van der Waals surface area contributed by atoms with E-state index in [1.54, 1.807) is 53.0 Å². The van der Waals surface area contributed by atoms with Crippen molar-refractivity contribution < 1.29 is 19.5 Å². The lowest BCUT2D eigenvalue weighted by atomic mass is 10.2. The molecule has 1 aromatic heterocycles. The van der Waals surface area contributed by atoms with Gasteiger partial charge in [0.2, 0.25) is 0 Å². The number of nitrogens with one attached hydrogen (secondary N) is 2. The molecule has 0 fully saturated rings. The second-order valence-corrected chi connectivity index (χ2v) is 5.69. The van der Waals surface area contributed by atoms with E-state index in [0.717, 1.165) is 0 Å². The number of carbonyl (C=O) groups excluding carboxylic acids is 2. The maximum absolute atomic E-state index is 12.8. The minimum atomic E-state index is -0.590. The zero-order valence-electron chi connectivity index (χ0n) is 14.5. The lowest BCUT2D eigenvalue weighted by molar-refractivity contribution is 0.0706. The lowest BCUT2D eigenvalue weighted by Crippen LogP contribution is -2.35. The van der Waals surface area contributed by atoms with Crippen LogP contribution >= 0.6 is 0 Å². The number of H-pyrrole nitrogens is 1. The Morgan fingerprint density at radius 1 is 0.963 bits per heavy atom. The number of ether oxygens (including phenoxy) is 1. The first kappa shape index (κ1) is 18.2. The van der Waals surface area contributed by atoms with Gasteiger partial charge in [0, 0.05) is 17.3 Å². The highest BCUT2D eigenvalue weighted by atomic mass is 16.5. The first-order chi connectivity index (χ1) is 13.2. The van der Waals surface area contributed by atoms with Gasteiger partial charge < -0.3 is 9.72 Å². The third kappa shape index (κ3) is 4.53. The van der Waals surface area contributed by atoms with E-state index in [2.05, 4.69) is 4.98 Å². The number of hydroxylamine groups is 1. The summed E-state index contributed by atoms with van der Waals surface area (Å²) in [5.74, 6) is 0.523. The van der Waals surface area contributed by atoms with Crippen LogP contribution in [-0.2, 0) is 0 Å². The highest BCUT2D eigenvalue weighted by Crippen LogP contribution is 2.16. The van der Waals surface area contributed by atoms with Gasteiger partial charge >= 0.3 is 0 Å². The SMILES string of the molecule is O=C(NO)c1ccc(OCCN(C(=O)c2ccccc2)c2ccc[nH]2)cc1. The molecule has 3 N–H and O–H groups in total. The summed E-state index contributed by atoms with van der Waals surface area (Å²) in [6, 6.07) is 19.0. The van der Waals surface area contributed by atoms with Crippen molar-refractivity contribution in [3.63, 3.8) is 0 Å². The van der Waals surface area contributed by atoms with Crippen LogP contribution in [0.2, 0.25) is 0 Å². The van der Waals surface area contributed by atoms with E-state index in [4.69, 9.17) is 9.94 Å². The molecule has 0 atom stereocenters. The molecule has 2 amide bonds. The maximum Gasteiger partial charge on any atom is 0.274 e. The van der Waals surface area contributed by atoms with Crippen molar-refractivity contribution in [3.8, 4) is 5.75 Å². The first-order valence-electron chi connectivity index (χ1n) is 8.36. The number of hydrogen-bond donors (Lipinski definition) is 3. The number of aromatic amines is 1. The Bertz CT molecular complexity index is 877. The number of carbonyl (C=O) groups is 2. The van der Waals surface area contributed by atoms with Crippen molar-refractivity contribution in [1.82, 2.24) is 10.5 Å². The van der Waals surface area contributed by atoms with E-state index in [0.29, 0.717) is 29.2 Å². The van der Waals surface area contributed by atoms with E-state index in [1.807, 2.05) is 30.3 Å². The smallest absolute Gasteiger partial charge is 0.274 e. The average Bonchev–Trinajstić information content (AvgIpc) is 3.26. The fraction of sp³-hybridized carbons (Fsp3) is 0.100. The monoisotopic (exact) mass is 365 g/mol. The third-order valence-electron chi connectivity index (χ3n) is 3.94. The zero-order chi connectivity index (χ0) is 19.1. The Kier molecular flexibility index (Phi) is 5.86. The number of amides is 2. The summed E-state index contributed by atoms with van der Waals surface area (Å²) in [4.78, 5) is 28.8. The summed E-state index contributed by atoms with van der Waals surface area (Å²) >= 11 is 0. The fourth-order valence-electron chi connectivity index (χ4n) is 2.58. The summed E-state index contributed by atoms with van der Waals surface area (Å²) in [6.07, 6.45) is 1.76. The van der Waals surface area contributed by atoms with Crippen molar-refractivity contribution >= 4 is 17.6 Å². The van der Waals surface area contributed by atoms with Crippen LogP contribution in [0.1, 0.15) is 20.7 Å². The number of hydrogen-bond acceptors (Lipinski definition) is 4. The first-order valence-corrected chi connectivity index (χ1v) is 8.36. The number of benzene rings is 2. The van der Waals surface area contributed by atoms with E-state index >= 15 is 0 Å². The van der Waals surface area contributed by atoms with Gasteiger partial charge in [-0.2, -0.15) is 0 Å². The summed E-state index contributed by atoms with van der Waals surface area (Å²) < 4.78 is 5.69. The molecule has 2 aromatic carbocycles. The van der Waals surface area contributed by atoms with Gasteiger partial charge in [0.25, 0.3) is 11.8 Å². The third-order valence-corrected chi connectivity index (χ3v) is 3.94. The summed E-state index contributed by atoms with van der Waals surface area (Å²) in [7, 11) is 0. The summed E-state index contributed by atoms with van der Waals surface area (Å²) in [5, 5.41) is 8.63. The van der Waals surface area contributed by atoms with Gasteiger partial charge in [0.05, 0.1) is 6.54 Å². The van der Waals surface area contributed by atoms with Gasteiger partial charge in [0.15, 0.2) is 0 Å². The van der Waals surface area contributed by atoms with Crippen LogP contribution in [0.3, 0.4) is 0 Å². The molecular weight excluding hydrogens is 346 g/mol.